The number of ether oxygens (including phenoxy) is 2. The van der Waals surface area contributed by atoms with E-state index < -0.39 is 0 Å². The molecular formula is C20H21FN2O2. The predicted molar refractivity (Wildman–Crippen MR) is 96.4 cm³/mol. The Kier molecular flexibility index (Phi) is 5.14. The zero-order valence-corrected chi connectivity index (χ0v) is 14.6. The van der Waals surface area contributed by atoms with Crippen molar-refractivity contribution in [3.8, 4) is 11.5 Å². The van der Waals surface area contributed by atoms with Crippen LogP contribution in [0.2, 0.25) is 0 Å². The van der Waals surface area contributed by atoms with Crippen LogP contribution in [-0.4, -0.2) is 31.2 Å². The molecule has 3 rings (SSSR count). The highest BCUT2D eigenvalue weighted by Gasteiger charge is 2.13. The van der Waals surface area contributed by atoms with E-state index in [0.29, 0.717) is 30.2 Å². The SMILES string of the molecule is COc1cc(F)c(CN(C)Cc2cccc3cnccc23)cc1OC. The molecule has 0 aliphatic carbocycles. The average Bonchev–Trinajstić information content (AvgIpc) is 2.63. The molecule has 4 nitrogen and oxygen atoms in total. The number of rotatable bonds is 6. The van der Waals surface area contributed by atoms with Crippen LogP contribution in [0, 0.1) is 5.82 Å². The minimum Gasteiger partial charge on any atom is -0.493 e. The van der Waals surface area contributed by atoms with Gasteiger partial charge in [-0.25, -0.2) is 4.39 Å². The van der Waals surface area contributed by atoms with E-state index in [0.717, 1.165) is 10.8 Å². The number of nitrogens with zero attached hydrogens (tertiary/aromatic N) is 2. The highest BCUT2D eigenvalue weighted by atomic mass is 19.1. The molecule has 0 bridgehead atoms. The van der Waals surface area contributed by atoms with Crippen LogP contribution >= 0.6 is 0 Å². The maximum absolute atomic E-state index is 14.3. The van der Waals surface area contributed by atoms with Crippen molar-refractivity contribution in [3.05, 3.63) is 65.7 Å². The van der Waals surface area contributed by atoms with Gasteiger partial charge in [-0.1, -0.05) is 18.2 Å². The minimum atomic E-state index is -0.299. The molecule has 0 aliphatic heterocycles. The van der Waals surface area contributed by atoms with Crippen LogP contribution in [0.1, 0.15) is 11.1 Å². The Bertz CT molecular complexity index is 877. The number of aromatic nitrogens is 1. The zero-order valence-electron chi connectivity index (χ0n) is 14.6. The summed E-state index contributed by atoms with van der Waals surface area (Å²) in [5.41, 5.74) is 1.75. The van der Waals surface area contributed by atoms with E-state index in [1.807, 2.05) is 31.4 Å². The molecule has 1 heterocycles. The first-order valence-electron chi connectivity index (χ1n) is 8.03. The van der Waals surface area contributed by atoms with E-state index in [9.17, 15) is 4.39 Å². The molecule has 25 heavy (non-hydrogen) atoms. The first-order valence-corrected chi connectivity index (χ1v) is 8.03. The normalized spacial score (nSPS) is 11.1. The monoisotopic (exact) mass is 340 g/mol. The lowest BCUT2D eigenvalue weighted by Crippen LogP contribution is -2.18. The van der Waals surface area contributed by atoms with Crippen LogP contribution in [0.15, 0.2) is 48.8 Å². The Morgan fingerprint density at radius 3 is 2.48 bits per heavy atom. The Balaban J connectivity index is 1.82. The van der Waals surface area contributed by atoms with Crippen molar-refractivity contribution >= 4 is 10.8 Å². The lowest BCUT2D eigenvalue weighted by Gasteiger charge is -2.19. The summed E-state index contributed by atoms with van der Waals surface area (Å²) in [7, 11) is 5.02. The molecule has 0 amide bonds. The average molecular weight is 340 g/mol. The Morgan fingerprint density at radius 2 is 1.72 bits per heavy atom. The fourth-order valence-electron chi connectivity index (χ4n) is 2.98. The van der Waals surface area contributed by atoms with Crippen LogP contribution in [0.3, 0.4) is 0 Å². The number of pyridine rings is 1. The highest BCUT2D eigenvalue weighted by molar-refractivity contribution is 5.84. The molecule has 0 spiro atoms. The fourth-order valence-corrected chi connectivity index (χ4v) is 2.98. The lowest BCUT2D eigenvalue weighted by atomic mass is 10.1. The molecule has 2 aromatic carbocycles. The van der Waals surface area contributed by atoms with Gasteiger partial charge in [-0.15, -0.1) is 0 Å². The third-order valence-corrected chi connectivity index (χ3v) is 4.20. The molecule has 5 heteroatoms. The second-order valence-corrected chi connectivity index (χ2v) is 5.98. The second-order valence-electron chi connectivity index (χ2n) is 5.98. The van der Waals surface area contributed by atoms with Gasteiger partial charge >= 0.3 is 0 Å². The molecular weight excluding hydrogens is 319 g/mol. The van der Waals surface area contributed by atoms with Crippen molar-refractivity contribution in [2.24, 2.45) is 0 Å². The summed E-state index contributed by atoms with van der Waals surface area (Å²) in [5.74, 6) is 0.628. The number of fused-ring (bicyclic) bond motifs is 1. The van der Waals surface area contributed by atoms with Crippen molar-refractivity contribution in [3.63, 3.8) is 0 Å². The number of halogens is 1. The molecule has 130 valence electrons. The maximum Gasteiger partial charge on any atom is 0.163 e. The Labute approximate surface area is 146 Å². The maximum atomic E-state index is 14.3. The number of hydrogen-bond acceptors (Lipinski definition) is 4. The standard InChI is InChI=1S/C20H21FN2O2/c1-23(12-15-6-4-5-14-11-22-8-7-17(14)15)13-16-9-19(24-2)20(25-3)10-18(16)21/h4-11H,12-13H2,1-3H3. The smallest absolute Gasteiger partial charge is 0.163 e. The van der Waals surface area contributed by atoms with Gasteiger partial charge in [0.15, 0.2) is 11.5 Å². The summed E-state index contributed by atoms with van der Waals surface area (Å²) >= 11 is 0. The van der Waals surface area contributed by atoms with Crippen molar-refractivity contribution in [2.75, 3.05) is 21.3 Å². The zero-order chi connectivity index (χ0) is 17.8. The van der Waals surface area contributed by atoms with Crippen LogP contribution in [0.25, 0.3) is 10.8 Å². The van der Waals surface area contributed by atoms with Crippen LogP contribution in [0.4, 0.5) is 4.39 Å². The molecule has 0 unspecified atom stereocenters. The van der Waals surface area contributed by atoms with Crippen molar-refractivity contribution < 1.29 is 13.9 Å². The van der Waals surface area contributed by atoms with E-state index in [2.05, 4.69) is 16.0 Å². The lowest BCUT2D eigenvalue weighted by molar-refractivity contribution is 0.310. The topological polar surface area (TPSA) is 34.6 Å². The molecule has 3 aromatic rings. The summed E-state index contributed by atoms with van der Waals surface area (Å²) in [5, 5.41) is 2.27. The molecule has 0 atom stereocenters. The van der Waals surface area contributed by atoms with Gasteiger partial charge in [0.05, 0.1) is 14.2 Å². The molecule has 1 aromatic heterocycles. The van der Waals surface area contributed by atoms with Crippen molar-refractivity contribution in [1.29, 1.82) is 0 Å². The van der Waals surface area contributed by atoms with Gasteiger partial charge in [0.25, 0.3) is 0 Å². The van der Waals surface area contributed by atoms with Crippen LogP contribution in [-0.2, 0) is 13.1 Å². The van der Waals surface area contributed by atoms with Gasteiger partial charge in [-0.05, 0) is 30.1 Å². The molecule has 0 fully saturated rings. The summed E-state index contributed by atoms with van der Waals surface area (Å²) in [6, 6.07) is 11.2. The van der Waals surface area contributed by atoms with Crippen molar-refractivity contribution in [1.82, 2.24) is 9.88 Å². The minimum absolute atomic E-state index is 0.299. The van der Waals surface area contributed by atoms with E-state index in [1.165, 1.54) is 18.7 Å². The van der Waals surface area contributed by atoms with Gasteiger partial charge in [0.2, 0.25) is 0 Å². The summed E-state index contributed by atoms with van der Waals surface area (Å²) in [4.78, 5) is 6.23. The van der Waals surface area contributed by atoms with Gasteiger partial charge in [-0.3, -0.25) is 9.88 Å². The van der Waals surface area contributed by atoms with E-state index in [1.54, 1.807) is 19.4 Å². The third kappa shape index (κ3) is 3.72. The van der Waals surface area contributed by atoms with Crippen LogP contribution < -0.4 is 9.47 Å². The molecule has 0 radical (unpaired) electrons. The van der Waals surface area contributed by atoms with E-state index in [4.69, 9.17) is 9.47 Å². The van der Waals surface area contributed by atoms with Gasteiger partial charge in [0.1, 0.15) is 5.82 Å². The number of benzene rings is 2. The Hall–Kier alpha value is -2.66. The van der Waals surface area contributed by atoms with E-state index >= 15 is 0 Å². The van der Waals surface area contributed by atoms with Gasteiger partial charge in [-0.2, -0.15) is 0 Å². The predicted octanol–water partition coefficient (Wildman–Crippen LogP) is 4.02. The summed E-state index contributed by atoms with van der Waals surface area (Å²) < 4.78 is 24.7. The first-order chi connectivity index (χ1) is 12.1. The largest absolute Gasteiger partial charge is 0.493 e. The highest BCUT2D eigenvalue weighted by Crippen LogP contribution is 2.30. The van der Waals surface area contributed by atoms with Crippen molar-refractivity contribution in [2.45, 2.75) is 13.1 Å². The number of hydrogen-bond donors (Lipinski definition) is 0. The first kappa shape index (κ1) is 17.2. The molecule has 0 aliphatic rings. The fraction of sp³-hybridized carbons (Fsp3) is 0.250. The second kappa shape index (κ2) is 7.49. The van der Waals surface area contributed by atoms with E-state index in [-0.39, 0.29) is 5.82 Å². The summed E-state index contributed by atoms with van der Waals surface area (Å²) in [6.07, 6.45) is 3.65. The van der Waals surface area contributed by atoms with Crippen LogP contribution in [0.5, 0.6) is 11.5 Å². The number of methoxy groups -OCH3 is 2. The van der Waals surface area contributed by atoms with Gasteiger partial charge in [0, 0.05) is 42.5 Å². The third-order valence-electron chi connectivity index (χ3n) is 4.20. The Morgan fingerprint density at radius 1 is 1.00 bits per heavy atom. The quantitative estimate of drug-likeness (QED) is 0.679. The molecule has 0 N–H and O–H groups in total. The summed E-state index contributed by atoms with van der Waals surface area (Å²) in [6.45, 7) is 1.17. The molecule has 0 saturated carbocycles. The molecule has 0 saturated heterocycles. The van der Waals surface area contributed by atoms with Gasteiger partial charge < -0.3 is 9.47 Å².